The maximum atomic E-state index is 4.50. The minimum Gasteiger partial charge on any atom is -0.313 e. The first-order valence-corrected chi connectivity index (χ1v) is 5.90. The molecule has 0 atom stereocenters. The molecule has 4 heteroatoms. The van der Waals surface area contributed by atoms with Crippen molar-refractivity contribution in [2.24, 2.45) is 0 Å². The molecule has 4 nitrogen and oxygen atoms in total. The summed E-state index contributed by atoms with van der Waals surface area (Å²) in [6.07, 6.45) is 1.94. The number of aryl methyl sites for hydroxylation is 2. The van der Waals surface area contributed by atoms with Crippen molar-refractivity contribution in [1.82, 2.24) is 20.1 Å². The Morgan fingerprint density at radius 3 is 2.71 bits per heavy atom. The molecule has 1 N–H and O–H groups in total. The van der Waals surface area contributed by atoms with Gasteiger partial charge in [0.2, 0.25) is 0 Å². The van der Waals surface area contributed by atoms with Gasteiger partial charge in [-0.1, -0.05) is 6.92 Å². The number of hydrogen-bond donors (Lipinski definition) is 1. The molecule has 17 heavy (non-hydrogen) atoms. The van der Waals surface area contributed by atoms with Crippen LogP contribution in [0.1, 0.15) is 23.9 Å². The highest BCUT2D eigenvalue weighted by atomic mass is 15.3. The van der Waals surface area contributed by atoms with Crippen molar-refractivity contribution in [3.8, 4) is 5.82 Å². The van der Waals surface area contributed by atoms with Crippen LogP contribution in [0.5, 0.6) is 0 Å². The van der Waals surface area contributed by atoms with Gasteiger partial charge in [-0.25, -0.2) is 9.67 Å². The highest BCUT2D eigenvalue weighted by molar-refractivity contribution is 5.30. The molecule has 0 fully saturated rings. The van der Waals surface area contributed by atoms with Gasteiger partial charge in [0, 0.05) is 18.4 Å². The summed E-state index contributed by atoms with van der Waals surface area (Å²) >= 11 is 0. The lowest BCUT2D eigenvalue weighted by atomic mass is 10.2. The van der Waals surface area contributed by atoms with Crippen LogP contribution in [0, 0.1) is 13.8 Å². The molecule has 0 radical (unpaired) electrons. The molecule has 2 heterocycles. The molecule has 0 spiro atoms. The minimum atomic E-state index is 0.868. The van der Waals surface area contributed by atoms with Crippen LogP contribution in [0.4, 0.5) is 0 Å². The molecule has 2 aromatic heterocycles. The van der Waals surface area contributed by atoms with E-state index in [9.17, 15) is 0 Å². The van der Waals surface area contributed by atoms with Crippen LogP contribution in [-0.4, -0.2) is 21.3 Å². The number of rotatable bonds is 4. The van der Waals surface area contributed by atoms with Crippen LogP contribution in [-0.2, 0) is 6.54 Å². The molecule has 2 rings (SSSR count). The summed E-state index contributed by atoms with van der Waals surface area (Å²) in [5, 5.41) is 7.70. The third-order valence-corrected chi connectivity index (χ3v) is 2.54. The van der Waals surface area contributed by atoms with E-state index >= 15 is 0 Å². The zero-order valence-corrected chi connectivity index (χ0v) is 10.6. The lowest BCUT2D eigenvalue weighted by molar-refractivity contribution is 0.721. The highest BCUT2D eigenvalue weighted by Gasteiger charge is 2.03. The van der Waals surface area contributed by atoms with Crippen LogP contribution in [0.25, 0.3) is 5.82 Å². The molecule has 0 bridgehead atoms. The van der Waals surface area contributed by atoms with Crippen molar-refractivity contribution in [3.63, 3.8) is 0 Å². The molecule has 2 aromatic rings. The van der Waals surface area contributed by atoms with Crippen LogP contribution in [0.2, 0.25) is 0 Å². The van der Waals surface area contributed by atoms with E-state index in [-0.39, 0.29) is 0 Å². The van der Waals surface area contributed by atoms with Crippen molar-refractivity contribution >= 4 is 0 Å². The number of aromatic nitrogens is 3. The van der Waals surface area contributed by atoms with Gasteiger partial charge in [0.15, 0.2) is 5.82 Å². The lowest BCUT2D eigenvalue weighted by Gasteiger charge is -2.07. The van der Waals surface area contributed by atoms with Crippen molar-refractivity contribution in [1.29, 1.82) is 0 Å². The van der Waals surface area contributed by atoms with E-state index in [4.69, 9.17) is 0 Å². The topological polar surface area (TPSA) is 42.7 Å². The predicted octanol–water partition coefficient (Wildman–Crippen LogP) is 1.99. The van der Waals surface area contributed by atoms with E-state index in [0.717, 1.165) is 30.3 Å². The van der Waals surface area contributed by atoms with Gasteiger partial charge in [-0.05, 0) is 44.2 Å². The standard InChI is InChI=1S/C13H18N4/c1-4-14-9-12-7-11(3)15-13(8-12)17-6-5-10(2)16-17/h5-8,14H,4,9H2,1-3H3. The molecule has 0 amide bonds. The average molecular weight is 230 g/mol. The first-order chi connectivity index (χ1) is 8.19. The van der Waals surface area contributed by atoms with Crippen LogP contribution in [0.3, 0.4) is 0 Å². The summed E-state index contributed by atoms with van der Waals surface area (Å²) in [4.78, 5) is 4.50. The zero-order chi connectivity index (χ0) is 12.3. The van der Waals surface area contributed by atoms with Crippen LogP contribution in [0.15, 0.2) is 24.4 Å². The summed E-state index contributed by atoms with van der Waals surface area (Å²) in [6, 6.07) is 6.15. The largest absolute Gasteiger partial charge is 0.313 e. The van der Waals surface area contributed by atoms with E-state index in [0.29, 0.717) is 0 Å². The van der Waals surface area contributed by atoms with Crippen LogP contribution >= 0.6 is 0 Å². The predicted molar refractivity (Wildman–Crippen MR) is 68.2 cm³/mol. The van der Waals surface area contributed by atoms with Crippen molar-refractivity contribution in [2.75, 3.05) is 6.54 Å². The molecule has 0 aliphatic heterocycles. The van der Waals surface area contributed by atoms with Crippen molar-refractivity contribution < 1.29 is 0 Å². The molecule has 0 aliphatic carbocycles. The van der Waals surface area contributed by atoms with Gasteiger partial charge in [-0.15, -0.1) is 0 Å². The number of pyridine rings is 1. The normalized spacial score (nSPS) is 10.8. The van der Waals surface area contributed by atoms with Crippen molar-refractivity contribution in [2.45, 2.75) is 27.3 Å². The van der Waals surface area contributed by atoms with E-state index in [1.54, 1.807) is 0 Å². The van der Waals surface area contributed by atoms with E-state index < -0.39 is 0 Å². The maximum Gasteiger partial charge on any atom is 0.153 e. The second kappa shape index (κ2) is 5.10. The summed E-state index contributed by atoms with van der Waals surface area (Å²) in [6.45, 7) is 7.93. The molecule has 90 valence electrons. The Labute approximate surface area is 102 Å². The Balaban J connectivity index is 2.31. The van der Waals surface area contributed by atoms with Gasteiger partial charge in [0.05, 0.1) is 5.69 Å². The van der Waals surface area contributed by atoms with Gasteiger partial charge in [-0.2, -0.15) is 5.10 Å². The number of nitrogens with one attached hydrogen (secondary N) is 1. The van der Waals surface area contributed by atoms with Gasteiger partial charge in [0.25, 0.3) is 0 Å². The fourth-order valence-corrected chi connectivity index (χ4v) is 1.75. The van der Waals surface area contributed by atoms with E-state index in [1.165, 1.54) is 5.56 Å². The first kappa shape index (κ1) is 11.8. The smallest absolute Gasteiger partial charge is 0.153 e. The van der Waals surface area contributed by atoms with Gasteiger partial charge in [-0.3, -0.25) is 0 Å². The third-order valence-electron chi connectivity index (χ3n) is 2.54. The average Bonchev–Trinajstić information content (AvgIpc) is 2.72. The second-order valence-electron chi connectivity index (χ2n) is 4.16. The fourth-order valence-electron chi connectivity index (χ4n) is 1.75. The number of hydrogen-bond acceptors (Lipinski definition) is 3. The Hall–Kier alpha value is -1.68. The molecular weight excluding hydrogens is 212 g/mol. The Bertz CT molecular complexity index is 502. The molecule has 0 aromatic carbocycles. The van der Waals surface area contributed by atoms with Gasteiger partial charge in [0.1, 0.15) is 0 Å². The summed E-state index contributed by atoms with van der Waals surface area (Å²) in [5.41, 5.74) is 3.26. The Morgan fingerprint density at radius 1 is 1.24 bits per heavy atom. The third kappa shape index (κ3) is 2.91. The lowest BCUT2D eigenvalue weighted by Crippen LogP contribution is -2.13. The minimum absolute atomic E-state index is 0.868. The SMILES string of the molecule is CCNCc1cc(C)nc(-n2ccc(C)n2)c1. The number of nitrogens with zero attached hydrogens (tertiary/aromatic N) is 3. The Kier molecular flexibility index (Phi) is 3.54. The van der Waals surface area contributed by atoms with Crippen LogP contribution < -0.4 is 5.32 Å². The zero-order valence-electron chi connectivity index (χ0n) is 10.6. The second-order valence-corrected chi connectivity index (χ2v) is 4.16. The van der Waals surface area contributed by atoms with E-state index in [1.807, 2.05) is 30.8 Å². The first-order valence-electron chi connectivity index (χ1n) is 5.90. The molecule has 0 saturated carbocycles. The Morgan fingerprint density at radius 2 is 2.06 bits per heavy atom. The monoisotopic (exact) mass is 230 g/mol. The van der Waals surface area contributed by atoms with E-state index in [2.05, 4.69) is 34.5 Å². The van der Waals surface area contributed by atoms with Gasteiger partial charge >= 0.3 is 0 Å². The summed E-state index contributed by atoms with van der Waals surface area (Å²) < 4.78 is 1.82. The quantitative estimate of drug-likeness (QED) is 0.873. The molecule has 0 aliphatic rings. The van der Waals surface area contributed by atoms with Gasteiger partial charge < -0.3 is 5.32 Å². The highest BCUT2D eigenvalue weighted by Crippen LogP contribution is 2.10. The summed E-state index contributed by atoms with van der Waals surface area (Å²) in [5.74, 6) is 0.881. The summed E-state index contributed by atoms with van der Waals surface area (Å²) in [7, 11) is 0. The molecular formula is C13H18N4. The fraction of sp³-hybridized carbons (Fsp3) is 0.385. The maximum absolute atomic E-state index is 4.50. The molecule has 0 unspecified atom stereocenters. The van der Waals surface area contributed by atoms with Crippen molar-refractivity contribution in [3.05, 3.63) is 41.3 Å². The molecule has 0 saturated heterocycles.